The minimum atomic E-state index is 0.416. The number of thiophene rings is 1. The topological polar surface area (TPSA) is 29.3 Å². The molecule has 0 saturated carbocycles. The van der Waals surface area contributed by atoms with Crippen molar-refractivity contribution in [1.29, 1.82) is 0 Å². The zero-order chi connectivity index (χ0) is 13.5. The highest BCUT2D eigenvalue weighted by atomic mass is 32.1. The van der Waals surface area contributed by atoms with Crippen LogP contribution >= 0.6 is 11.3 Å². The normalized spacial score (nSPS) is 10.3. The molecule has 0 saturated heterocycles. The number of hydrogen-bond donors (Lipinski definition) is 1. The van der Waals surface area contributed by atoms with Crippen molar-refractivity contribution < 1.29 is 0 Å². The Labute approximate surface area is 118 Å². The summed E-state index contributed by atoms with van der Waals surface area (Å²) in [6, 6.07) is 12.7. The molecule has 0 aliphatic heterocycles. The molecule has 98 valence electrons. The fraction of sp³-hybridized carbons (Fsp3) is 0.250. The Morgan fingerprint density at radius 1 is 1.21 bits per heavy atom. The molecule has 0 atom stereocenters. The van der Waals surface area contributed by atoms with Crippen LogP contribution in [-0.2, 0) is 13.1 Å². The second kappa shape index (κ2) is 7.10. The minimum absolute atomic E-state index is 0.416. The summed E-state index contributed by atoms with van der Waals surface area (Å²) in [5, 5.41) is 2.09. The van der Waals surface area contributed by atoms with Crippen LogP contribution in [0.25, 0.3) is 0 Å². The van der Waals surface area contributed by atoms with E-state index >= 15 is 0 Å². The summed E-state index contributed by atoms with van der Waals surface area (Å²) in [5.74, 6) is 5.95. The maximum Gasteiger partial charge on any atom is 0.0555 e. The molecule has 2 aromatic rings. The van der Waals surface area contributed by atoms with E-state index in [1.165, 1.54) is 10.4 Å². The monoisotopic (exact) mass is 270 g/mol. The standard InChI is InChI=1S/C16H18N2S/c1-18(11-14-6-3-2-4-7-14)12-16-10-15(13-19-16)8-5-9-17/h2-4,6-7,10,13H,9,11-12,17H2,1H3. The first kappa shape index (κ1) is 13.8. The summed E-state index contributed by atoms with van der Waals surface area (Å²) in [7, 11) is 2.14. The van der Waals surface area contributed by atoms with E-state index in [0.717, 1.165) is 18.7 Å². The third-order valence-electron chi connectivity index (χ3n) is 2.71. The molecule has 0 unspecified atom stereocenters. The number of rotatable bonds is 4. The van der Waals surface area contributed by atoms with Gasteiger partial charge < -0.3 is 5.73 Å². The lowest BCUT2D eigenvalue weighted by Crippen LogP contribution is -2.16. The molecule has 0 spiro atoms. The van der Waals surface area contributed by atoms with Crippen LogP contribution in [-0.4, -0.2) is 18.5 Å². The van der Waals surface area contributed by atoms with Gasteiger partial charge in [-0.25, -0.2) is 0 Å². The van der Waals surface area contributed by atoms with Crippen molar-refractivity contribution >= 4 is 11.3 Å². The van der Waals surface area contributed by atoms with Gasteiger partial charge in [0.2, 0.25) is 0 Å². The first-order valence-electron chi connectivity index (χ1n) is 6.27. The average Bonchev–Trinajstić information content (AvgIpc) is 2.85. The lowest BCUT2D eigenvalue weighted by Gasteiger charge is -2.15. The highest BCUT2D eigenvalue weighted by Crippen LogP contribution is 2.16. The van der Waals surface area contributed by atoms with Crippen molar-refractivity contribution in [3.63, 3.8) is 0 Å². The van der Waals surface area contributed by atoms with E-state index in [1.54, 1.807) is 11.3 Å². The third kappa shape index (κ3) is 4.53. The number of hydrogen-bond acceptors (Lipinski definition) is 3. The first-order chi connectivity index (χ1) is 9.28. The average molecular weight is 270 g/mol. The van der Waals surface area contributed by atoms with Crippen molar-refractivity contribution in [2.75, 3.05) is 13.6 Å². The van der Waals surface area contributed by atoms with Crippen molar-refractivity contribution in [2.45, 2.75) is 13.1 Å². The summed E-state index contributed by atoms with van der Waals surface area (Å²) < 4.78 is 0. The van der Waals surface area contributed by atoms with Gasteiger partial charge >= 0.3 is 0 Å². The first-order valence-corrected chi connectivity index (χ1v) is 7.14. The summed E-state index contributed by atoms with van der Waals surface area (Å²) in [6.07, 6.45) is 0. The molecule has 2 nitrogen and oxygen atoms in total. The van der Waals surface area contributed by atoms with Crippen LogP contribution in [0.5, 0.6) is 0 Å². The third-order valence-corrected chi connectivity index (χ3v) is 3.63. The van der Waals surface area contributed by atoms with E-state index in [-0.39, 0.29) is 0 Å². The Morgan fingerprint density at radius 2 is 2.00 bits per heavy atom. The van der Waals surface area contributed by atoms with Gasteiger partial charge in [0.25, 0.3) is 0 Å². The van der Waals surface area contributed by atoms with Crippen LogP contribution in [0.2, 0.25) is 0 Å². The minimum Gasteiger partial charge on any atom is -0.320 e. The van der Waals surface area contributed by atoms with Gasteiger partial charge in [0.1, 0.15) is 0 Å². The molecule has 0 amide bonds. The molecule has 3 heteroatoms. The zero-order valence-electron chi connectivity index (χ0n) is 11.1. The molecule has 1 aromatic heterocycles. The molecule has 2 rings (SSSR count). The molecular weight excluding hydrogens is 252 g/mol. The Morgan fingerprint density at radius 3 is 2.74 bits per heavy atom. The maximum absolute atomic E-state index is 5.37. The van der Waals surface area contributed by atoms with Crippen LogP contribution in [0.15, 0.2) is 41.8 Å². The molecule has 0 bridgehead atoms. The smallest absolute Gasteiger partial charge is 0.0555 e. The van der Waals surface area contributed by atoms with Gasteiger partial charge in [-0.1, -0.05) is 42.2 Å². The summed E-state index contributed by atoms with van der Waals surface area (Å²) in [5.41, 5.74) is 7.78. The predicted molar refractivity (Wildman–Crippen MR) is 81.9 cm³/mol. The summed E-state index contributed by atoms with van der Waals surface area (Å²) in [4.78, 5) is 3.64. The lowest BCUT2D eigenvalue weighted by atomic mass is 10.2. The zero-order valence-corrected chi connectivity index (χ0v) is 11.9. The van der Waals surface area contributed by atoms with Gasteiger partial charge in [0, 0.05) is 28.9 Å². The van der Waals surface area contributed by atoms with Crippen LogP contribution in [0.4, 0.5) is 0 Å². The van der Waals surface area contributed by atoms with E-state index in [9.17, 15) is 0 Å². The van der Waals surface area contributed by atoms with Crippen LogP contribution in [0.3, 0.4) is 0 Å². The Balaban J connectivity index is 1.92. The molecule has 19 heavy (non-hydrogen) atoms. The lowest BCUT2D eigenvalue weighted by molar-refractivity contribution is 0.322. The van der Waals surface area contributed by atoms with E-state index in [1.807, 2.05) is 6.07 Å². The highest BCUT2D eigenvalue weighted by Gasteiger charge is 2.03. The number of nitrogens with two attached hydrogens (primary N) is 1. The second-order valence-corrected chi connectivity index (χ2v) is 5.46. The molecule has 2 N–H and O–H groups in total. The summed E-state index contributed by atoms with van der Waals surface area (Å²) in [6.45, 7) is 2.32. The van der Waals surface area contributed by atoms with Gasteiger partial charge in [-0.2, -0.15) is 0 Å². The second-order valence-electron chi connectivity index (χ2n) is 4.47. The fourth-order valence-corrected chi connectivity index (χ4v) is 2.79. The van der Waals surface area contributed by atoms with Crippen molar-refractivity contribution in [2.24, 2.45) is 5.73 Å². The fourth-order valence-electron chi connectivity index (χ4n) is 1.90. The molecule has 0 aliphatic rings. The quantitative estimate of drug-likeness (QED) is 0.866. The Kier molecular flexibility index (Phi) is 5.17. The number of benzene rings is 1. The van der Waals surface area contributed by atoms with E-state index < -0.39 is 0 Å². The van der Waals surface area contributed by atoms with Gasteiger partial charge in [0.05, 0.1) is 6.54 Å². The van der Waals surface area contributed by atoms with Crippen LogP contribution in [0, 0.1) is 11.8 Å². The largest absolute Gasteiger partial charge is 0.320 e. The molecule has 0 radical (unpaired) electrons. The van der Waals surface area contributed by atoms with Gasteiger partial charge in [-0.3, -0.25) is 4.90 Å². The van der Waals surface area contributed by atoms with E-state index in [4.69, 9.17) is 5.73 Å². The van der Waals surface area contributed by atoms with E-state index in [0.29, 0.717) is 6.54 Å². The summed E-state index contributed by atoms with van der Waals surface area (Å²) >= 11 is 1.75. The molecule has 0 fully saturated rings. The van der Waals surface area contributed by atoms with Gasteiger partial charge in [-0.05, 0) is 18.7 Å². The Bertz CT molecular complexity index is 563. The van der Waals surface area contributed by atoms with Gasteiger partial charge in [0.15, 0.2) is 0 Å². The molecule has 1 aromatic carbocycles. The van der Waals surface area contributed by atoms with Gasteiger partial charge in [-0.15, -0.1) is 11.3 Å². The number of nitrogens with zero attached hydrogens (tertiary/aromatic N) is 1. The van der Waals surface area contributed by atoms with Crippen molar-refractivity contribution in [3.8, 4) is 11.8 Å². The van der Waals surface area contributed by atoms with Crippen molar-refractivity contribution in [3.05, 3.63) is 57.8 Å². The Hall–Kier alpha value is -1.60. The van der Waals surface area contributed by atoms with E-state index in [2.05, 4.69) is 59.5 Å². The van der Waals surface area contributed by atoms with Crippen LogP contribution in [0.1, 0.15) is 16.0 Å². The van der Waals surface area contributed by atoms with Crippen LogP contribution < -0.4 is 5.73 Å². The highest BCUT2D eigenvalue weighted by molar-refractivity contribution is 7.10. The molecule has 0 aliphatic carbocycles. The molecular formula is C16H18N2S. The maximum atomic E-state index is 5.37. The molecule has 1 heterocycles. The predicted octanol–water partition coefficient (Wildman–Crippen LogP) is 2.69. The van der Waals surface area contributed by atoms with Crippen molar-refractivity contribution in [1.82, 2.24) is 4.90 Å². The SMILES string of the molecule is CN(Cc1ccccc1)Cc1cc(C#CCN)cs1.